The van der Waals surface area contributed by atoms with Gasteiger partial charge in [0.15, 0.2) is 0 Å². The van der Waals surface area contributed by atoms with Crippen molar-refractivity contribution in [3.63, 3.8) is 0 Å². The lowest BCUT2D eigenvalue weighted by Gasteiger charge is -2.26. The third-order valence-electron chi connectivity index (χ3n) is 4.20. The predicted molar refractivity (Wildman–Crippen MR) is 75.5 cm³/mol. The molecule has 5 nitrogen and oxygen atoms in total. The fraction of sp³-hybridized carbons (Fsp3) is 0.786. The molecule has 3 rings (SSSR count). The van der Waals surface area contributed by atoms with E-state index >= 15 is 0 Å². The van der Waals surface area contributed by atoms with Crippen LogP contribution in [-0.2, 0) is 4.74 Å². The molecule has 2 heterocycles. The summed E-state index contributed by atoms with van der Waals surface area (Å²) in [7, 11) is 0. The summed E-state index contributed by atoms with van der Waals surface area (Å²) in [4.78, 5) is 6.90. The van der Waals surface area contributed by atoms with Crippen molar-refractivity contribution in [3.8, 4) is 0 Å². The van der Waals surface area contributed by atoms with Crippen LogP contribution in [0.1, 0.15) is 31.7 Å². The quantitative estimate of drug-likeness (QED) is 0.879. The zero-order chi connectivity index (χ0) is 12.9. The van der Waals surface area contributed by atoms with Gasteiger partial charge in [-0.15, -0.1) is 0 Å². The standard InChI is InChI=1S/C14H24N4O/c1-2-4-13(3-1)18-8-6-16-14(18)15-5-7-17-9-11-19-12-10-17/h6,8,13H,1-5,7,9-12H2,(H,15,16). The Bertz CT molecular complexity index is 381. The van der Waals surface area contributed by atoms with Crippen LogP contribution in [0.4, 0.5) is 5.95 Å². The lowest BCUT2D eigenvalue weighted by molar-refractivity contribution is 0.0398. The topological polar surface area (TPSA) is 42.3 Å². The third-order valence-corrected chi connectivity index (χ3v) is 4.20. The van der Waals surface area contributed by atoms with Crippen LogP contribution in [0.15, 0.2) is 12.4 Å². The summed E-state index contributed by atoms with van der Waals surface area (Å²) in [5, 5.41) is 3.49. The molecular weight excluding hydrogens is 240 g/mol. The van der Waals surface area contributed by atoms with E-state index in [-0.39, 0.29) is 0 Å². The minimum atomic E-state index is 0.661. The van der Waals surface area contributed by atoms with Crippen molar-refractivity contribution >= 4 is 5.95 Å². The number of morpholine rings is 1. The van der Waals surface area contributed by atoms with Crippen molar-refractivity contribution in [2.75, 3.05) is 44.7 Å². The molecular formula is C14H24N4O. The number of hydrogen-bond acceptors (Lipinski definition) is 4. The van der Waals surface area contributed by atoms with Crippen LogP contribution in [0.5, 0.6) is 0 Å². The summed E-state index contributed by atoms with van der Waals surface area (Å²) in [5.41, 5.74) is 0. The van der Waals surface area contributed by atoms with E-state index in [0.29, 0.717) is 6.04 Å². The van der Waals surface area contributed by atoms with E-state index in [1.54, 1.807) is 0 Å². The lowest BCUT2D eigenvalue weighted by atomic mass is 10.2. The second-order valence-corrected chi connectivity index (χ2v) is 5.48. The van der Waals surface area contributed by atoms with Crippen LogP contribution in [0.2, 0.25) is 0 Å². The molecule has 1 aliphatic carbocycles. The SMILES string of the molecule is c1cn(C2CCCC2)c(NCCN2CCOCC2)n1. The van der Waals surface area contributed by atoms with E-state index in [2.05, 4.69) is 26.0 Å². The van der Waals surface area contributed by atoms with Gasteiger partial charge in [0.2, 0.25) is 5.95 Å². The highest BCUT2D eigenvalue weighted by atomic mass is 16.5. The van der Waals surface area contributed by atoms with Gasteiger partial charge in [-0.25, -0.2) is 4.98 Å². The second kappa shape index (κ2) is 6.39. The summed E-state index contributed by atoms with van der Waals surface area (Å²) in [6.07, 6.45) is 9.34. The third kappa shape index (κ3) is 3.28. The van der Waals surface area contributed by atoms with Gasteiger partial charge < -0.3 is 14.6 Å². The van der Waals surface area contributed by atoms with Crippen LogP contribution >= 0.6 is 0 Å². The Kier molecular flexibility index (Phi) is 4.35. The lowest BCUT2D eigenvalue weighted by Crippen LogP contribution is -2.39. The van der Waals surface area contributed by atoms with Crippen LogP contribution in [-0.4, -0.2) is 53.8 Å². The van der Waals surface area contributed by atoms with E-state index < -0.39 is 0 Å². The van der Waals surface area contributed by atoms with Crippen molar-refractivity contribution < 1.29 is 4.74 Å². The molecule has 0 aromatic carbocycles. The highest BCUT2D eigenvalue weighted by Gasteiger charge is 2.19. The van der Waals surface area contributed by atoms with Gasteiger partial charge >= 0.3 is 0 Å². The summed E-state index contributed by atoms with van der Waals surface area (Å²) in [6, 6.07) is 0.661. The van der Waals surface area contributed by atoms with Crippen molar-refractivity contribution in [3.05, 3.63) is 12.4 Å². The first-order valence-electron chi connectivity index (χ1n) is 7.50. The maximum absolute atomic E-state index is 5.36. The van der Waals surface area contributed by atoms with Gasteiger partial charge in [0.25, 0.3) is 0 Å². The van der Waals surface area contributed by atoms with E-state index in [1.807, 2.05) is 6.20 Å². The Hall–Kier alpha value is -1.07. The highest BCUT2D eigenvalue weighted by Crippen LogP contribution is 2.31. The number of aromatic nitrogens is 2. The number of anilines is 1. The molecule has 1 saturated carbocycles. The molecule has 1 N–H and O–H groups in total. The molecule has 1 aliphatic heterocycles. The first-order chi connectivity index (χ1) is 9.43. The van der Waals surface area contributed by atoms with Gasteiger partial charge in [-0.1, -0.05) is 12.8 Å². The molecule has 106 valence electrons. The number of rotatable bonds is 5. The molecule has 0 unspecified atom stereocenters. The van der Waals surface area contributed by atoms with Gasteiger partial charge in [-0.2, -0.15) is 0 Å². The molecule has 0 bridgehead atoms. The van der Waals surface area contributed by atoms with E-state index in [1.165, 1.54) is 25.7 Å². The maximum atomic E-state index is 5.36. The molecule has 0 spiro atoms. The van der Waals surface area contributed by atoms with Gasteiger partial charge in [-0.3, -0.25) is 4.90 Å². The maximum Gasteiger partial charge on any atom is 0.203 e. The average Bonchev–Trinajstić information content (AvgIpc) is 3.10. The zero-order valence-corrected chi connectivity index (χ0v) is 11.6. The monoisotopic (exact) mass is 264 g/mol. The minimum absolute atomic E-state index is 0.661. The normalized spacial score (nSPS) is 21.9. The van der Waals surface area contributed by atoms with Gasteiger partial charge in [0.05, 0.1) is 13.2 Å². The van der Waals surface area contributed by atoms with E-state index in [4.69, 9.17) is 4.74 Å². The minimum Gasteiger partial charge on any atom is -0.379 e. The Labute approximate surface area is 114 Å². The molecule has 2 aliphatic rings. The van der Waals surface area contributed by atoms with Crippen molar-refractivity contribution in [2.24, 2.45) is 0 Å². The molecule has 1 aromatic heterocycles. The molecule has 0 amide bonds. The average molecular weight is 264 g/mol. The number of nitrogens with zero attached hydrogens (tertiary/aromatic N) is 3. The Morgan fingerprint density at radius 3 is 2.84 bits per heavy atom. The van der Waals surface area contributed by atoms with Crippen LogP contribution in [0.25, 0.3) is 0 Å². The molecule has 0 radical (unpaired) electrons. The number of ether oxygens (including phenoxy) is 1. The number of imidazole rings is 1. The van der Waals surface area contributed by atoms with Crippen molar-refractivity contribution in [1.82, 2.24) is 14.5 Å². The Morgan fingerprint density at radius 2 is 2.05 bits per heavy atom. The molecule has 2 fully saturated rings. The second-order valence-electron chi connectivity index (χ2n) is 5.48. The molecule has 1 saturated heterocycles. The molecule has 5 heteroatoms. The van der Waals surface area contributed by atoms with Crippen LogP contribution in [0, 0.1) is 0 Å². The van der Waals surface area contributed by atoms with Crippen molar-refractivity contribution in [1.29, 1.82) is 0 Å². The van der Waals surface area contributed by atoms with Crippen LogP contribution < -0.4 is 5.32 Å². The van der Waals surface area contributed by atoms with Gasteiger partial charge in [-0.05, 0) is 12.8 Å². The molecule has 19 heavy (non-hydrogen) atoms. The smallest absolute Gasteiger partial charge is 0.203 e. The zero-order valence-electron chi connectivity index (χ0n) is 11.6. The summed E-state index contributed by atoms with van der Waals surface area (Å²) >= 11 is 0. The molecule has 1 aromatic rings. The summed E-state index contributed by atoms with van der Waals surface area (Å²) in [6.45, 7) is 5.88. The molecule has 0 atom stereocenters. The predicted octanol–water partition coefficient (Wildman–Crippen LogP) is 1.74. The van der Waals surface area contributed by atoms with E-state index in [0.717, 1.165) is 45.3 Å². The Morgan fingerprint density at radius 1 is 1.26 bits per heavy atom. The first kappa shape index (κ1) is 12.9. The van der Waals surface area contributed by atoms with Crippen molar-refractivity contribution in [2.45, 2.75) is 31.7 Å². The van der Waals surface area contributed by atoms with Crippen LogP contribution in [0.3, 0.4) is 0 Å². The number of hydrogen-bond donors (Lipinski definition) is 1. The first-order valence-corrected chi connectivity index (χ1v) is 7.50. The van der Waals surface area contributed by atoms with Gasteiger partial charge in [0.1, 0.15) is 0 Å². The fourth-order valence-electron chi connectivity index (χ4n) is 3.08. The fourth-order valence-corrected chi connectivity index (χ4v) is 3.08. The van der Waals surface area contributed by atoms with Gasteiger partial charge in [0, 0.05) is 44.6 Å². The van der Waals surface area contributed by atoms with E-state index in [9.17, 15) is 0 Å². The highest BCUT2D eigenvalue weighted by molar-refractivity contribution is 5.26. The summed E-state index contributed by atoms with van der Waals surface area (Å²) in [5.74, 6) is 1.04. The number of nitrogens with one attached hydrogen (secondary N) is 1. The Balaban J connectivity index is 1.48. The summed E-state index contributed by atoms with van der Waals surface area (Å²) < 4.78 is 7.69. The largest absolute Gasteiger partial charge is 0.379 e.